The molecule has 0 aliphatic heterocycles. The number of carbonyl (C=O) groups is 1. The van der Waals surface area contributed by atoms with Crippen molar-refractivity contribution in [3.05, 3.63) is 22.8 Å². The summed E-state index contributed by atoms with van der Waals surface area (Å²) in [5.74, 6) is 0.915. The Morgan fingerprint density at radius 3 is 2.89 bits per heavy atom. The van der Waals surface area contributed by atoms with Gasteiger partial charge in [0.2, 0.25) is 0 Å². The van der Waals surface area contributed by atoms with Crippen LogP contribution in [0.15, 0.2) is 12.3 Å². The molecule has 1 aliphatic carbocycles. The number of nitrogens with zero attached hydrogens (tertiary/aromatic N) is 2. The molecule has 5 heteroatoms. The second kappa shape index (κ2) is 5.57. The van der Waals surface area contributed by atoms with Crippen LogP contribution in [-0.4, -0.2) is 28.9 Å². The SMILES string of the molecule is CCN(CC1CCC1)C(=O)c1cc(N)ncc1Cl. The molecule has 1 aromatic rings. The fourth-order valence-corrected chi connectivity index (χ4v) is 2.32. The minimum atomic E-state index is -0.0523. The van der Waals surface area contributed by atoms with Crippen molar-refractivity contribution in [2.24, 2.45) is 5.92 Å². The van der Waals surface area contributed by atoms with Gasteiger partial charge in [-0.1, -0.05) is 18.0 Å². The zero-order valence-corrected chi connectivity index (χ0v) is 11.3. The highest BCUT2D eigenvalue weighted by Crippen LogP contribution is 2.28. The third-order valence-corrected chi connectivity index (χ3v) is 3.78. The Morgan fingerprint density at radius 2 is 2.33 bits per heavy atom. The van der Waals surface area contributed by atoms with Crippen LogP contribution in [-0.2, 0) is 0 Å². The first-order chi connectivity index (χ1) is 8.61. The van der Waals surface area contributed by atoms with Crippen LogP contribution in [0.3, 0.4) is 0 Å². The van der Waals surface area contributed by atoms with Gasteiger partial charge in [-0.15, -0.1) is 0 Å². The Morgan fingerprint density at radius 1 is 1.61 bits per heavy atom. The maximum absolute atomic E-state index is 12.4. The molecule has 0 radical (unpaired) electrons. The molecule has 18 heavy (non-hydrogen) atoms. The topological polar surface area (TPSA) is 59.2 Å². The van der Waals surface area contributed by atoms with Crippen LogP contribution in [0.4, 0.5) is 5.82 Å². The van der Waals surface area contributed by atoms with Gasteiger partial charge in [0.05, 0.1) is 10.6 Å². The number of pyridine rings is 1. The van der Waals surface area contributed by atoms with Crippen LogP contribution >= 0.6 is 11.6 Å². The highest BCUT2D eigenvalue weighted by atomic mass is 35.5. The summed E-state index contributed by atoms with van der Waals surface area (Å²) in [6.07, 6.45) is 5.15. The lowest BCUT2D eigenvalue weighted by Crippen LogP contribution is -2.37. The molecule has 1 aliphatic rings. The molecule has 1 saturated carbocycles. The van der Waals surface area contributed by atoms with Gasteiger partial charge < -0.3 is 10.6 Å². The van der Waals surface area contributed by atoms with E-state index in [0.29, 0.717) is 28.9 Å². The van der Waals surface area contributed by atoms with E-state index in [1.165, 1.54) is 25.5 Å². The van der Waals surface area contributed by atoms with E-state index in [1.807, 2.05) is 11.8 Å². The monoisotopic (exact) mass is 267 g/mol. The summed E-state index contributed by atoms with van der Waals surface area (Å²) in [6.45, 7) is 3.48. The number of nitrogen functional groups attached to an aromatic ring is 1. The van der Waals surface area contributed by atoms with Gasteiger partial charge >= 0.3 is 0 Å². The second-order valence-electron chi connectivity index (χ2n) is 4.73. The molecular weight excluding hydrogens is 250 g/mol. The maximum atomic E-state index is 12.4. The quantitative estimate of drug-likeness (QED) is 0.912. The van der Waals surface area contributed by atoms with Gasteiger partial charge in [0.1, 0.15) is 5.82 Å². The molecule has 1 aromatic heterocycles. The molecule has 0 atom stereocenters. The third kappa shape index (κ3) is 2.75. The van der Waals surface area contributed by atoms with Crippen molar-refractivity contribution in [2.75, 3.05) is 18.8 Å². The lowest BCUT2D eigenvalue weighted by atomic mass is 9.85. The van der Waals surface area contributed by atoms with Gasteiger partial charge in [-0.05, 0) is 31.7 Å². The van der Waals surface area contributed by atoms with Gasteiger partial charge in [-0.2, -0.15) is 0 Å². The van der Waals surface area contributed by atoms with Crippen LogP contribution in [0, 0.1) is 5.92 Å². The van der Waals surface area contributed by atoms with Crippen molar-refractivity contribution in [3.63, 3.8) is 0 Å². The van der Waals surface area contributed by atoms with Crippen LogP contribution in [0.1, 0.15) is 36.5 Å². The van der Waals surface area contributed by atoms with E-state index in [4.69, 9.17) is 17.3 Å². The normalized spacial score (nSPS) is 15.2. The summed E-state index contributed by atoms with van der Waals surface area (Å²) in [6, 6.07) is 1.55. The molecule has 2 rings (SSSR count). The standard InChI is InChI=1S/C13H18ClN3O/c1-2-17(8-9-4-3-5-9)13(18)10-6-12(15)16-7-11(10)14/h6-7,9H,2-5,8H2,1H3,(H2,15,16). The maximum Gasteiger partial charge on any atom is 0.255 e. The third-order valence-electron chi connectivity index (χ3n) is 3.48. The van der Waals surface area contributed by atoms with Crippen molar-refractivity contribution >= 4 is 23.3 Å². The number of aromatic nitrogens is 1. The fourth-order valence-electron chi connectivity index (χ4n) is 2.13. The fraction of sp³-hybridized carbons (Fsp3) is 0.538. The van der Waals surface area contributed by atoms with Gasteiger partial charge in [-0.25, -0.2) is 4.98 Å². The van der Waals surface area contributed by atoms with Crippen molar-refractivity contribution in [1.29, 1.82) is 0 Å². The van der Waals surface area contributed by atoms with Crippen molar-refractivity contribution in [2.45, 2.75) is 26.2 Å². The van der Waals surface area contributed by atoms with Gasteiger partial charge in [0, 0.05) is 19.3 Å². The first kappa shape index (κ1) is 13.1. The molecule has 2 N–H and O–H groups in total. The number of hydrogen-bond donors (Lipinski definition) is 1. The number of carbonyl (C=O) groups excluding carboxylic acids is 1. The largest absolute Gasteiger partial charge is 0.384 e. The van der Waals surface area contributed by atoms with Gasteiger partial charge in [0.25, 0.3) is 5.91 Å². The molecule has 0 aromatic carbocycles. The second-order valence-corrected chi connectivity index (χ2v) is 5.14. The molecule has 0 unspecified atom stereocenters. The van der Waals surface area contributed by atoms with Gasteiger partial charge in [0.15, 0.2) is 0 Å². The molecule has 1 fully saturated rings. The van der Waals surface area contributed by atoms with E-state index >= 15 is 0 Å². The number of amides is 1. The van der Waals surface area contributed by atoms with E-state index in [9.17, 15) is 4.79 Å². The Hall–Kier alpha value is -1.29. The van der Waals surface area contributed by atoms with Crippen LogP contribution in [0.5, 0.6) is 0 Å². The predicted octanol–water partition coefficient (Wildman–Crippen LogP) is 2.58. The summed E-state index contributed by atoms with van der Waals surface area (Å²) in [5, 5.41) is 0.362. The van der Waals surface area contributed by atoms with E-state index in [2.05, 4.69) is 4.98 Å². The van der Waals surface area contributed by atoms with Crippen LogP contribution in [0.2, 0.25) is 5.02 Å². The minimum absolute atomic E-state index is 0.0523. The molecule has 1 amide bonds. The van der Waals surface area contributed by atoms with E-state index < -0.39 is 0 Å². The highest BCUT2D eigenvalue weighted by molar-refractivity contribution is 6.33. The van der Waals surface area contributed by atoms with Crippen LogP contribution < -0.4 is 5.73 Å². The molecule has 4 nitrogen and oxygen atoms in total. The van der Waals surface area contributed by atoms with E-state index in [1.54, 1.807) is 6.07 Å². The van der Waals surface area contributed by atoms with Crippen molar-refractivity contribution < 1.29 is 4.79 Å². The minimum Gasteiger partial charge on any atom is -0.384 e. The zero-order valence-electron chi connectivity index (χ0n) is 10.5. The Bertz CT molecular complexity index is 446. The van der Waals surface area contributed by atoms with Gasteiger partial charge in [-0.3, -0.25) is 4.79 Å². The first-order valence-corrected chi connectivity index (χ1v) is 6.70. The number of nitrogens with two attached hydrogens (primary N) is 1. The van der Waals surface area contributed by atoms with E-state index in [-0.39, 0.29) is 5.91 Å². The lowest BCUT2D eigenvalue weighted by molar-refractivity contribution is 0.0706. The summed E-state index contributed by atoms with van der Waals surface area (Å²) < 4.78 is 0. The summed E-state index contributed by atoms with van der Waals surface area (Å²) in [7, 11) is 0. The predicted molar refractivity (Wildman–Crippen MR) is 72.6 cm³/mol. The molecular formula is C13H18ClN3O. The van der Waals surface area contributed by atoms with Crippen LogP contribution in [0.25, 0.3) is 0 Å². The van der Waals surface area contributed by atoms with E-state index in [0.717, 1.165) is 6.54 Å². The number of hydrogen-bond acceptors (Lipinski definition) is 3. The summed E-state index contributed by atoms with van der Waals surface area (Å²) in [4.78, 5) is 18.1. The number of rotatable bonds is 4. The average Bonchev–Trinajstić information content (AvgIpc) is 2.30. The zero-order chi connectivity index (χ0) is 13.1. The summed E-state index contributed by atoms with van der Waals surface area (Å²) >= 11 is 6.01. The number of halogens is 1. The Labute approximate surface area is 112 Å². The summed E-state index contributed by atoms with van der Waals surface area (Å²) in [5.41, 5.74) is 6.05. The number of anilines is 1. The van der Waals surface area contributed by atoms with Crippen molar-refractivity contribution in [3.8, 4) is 0 Å². The molecule has 0 spiro atoms. The smallest absolute Gasteiger partial charge is 0.255 e. The lowest BCUT2D eigenvalue weighted by Gasteiger charge is -2.32. The van der Waals surface area contributed by atoms with Crippen molar-refractivity contribution in [1.82, 2.24) is 9.88 Å². The first-order valence-electron chi connectivity index (χ1n) is 6.32. The molecule has 0 bridgehead atoms. The average molecular weight is 268 g/mol. The molecule has 1 heterocycles. The highest BCUT2D eigenvalue weighted by Gasteiger charge is 2.24. The molecule has 0 saturated heterocycles. The molecule has 98 valence electrons. The Balaban J connectivity index is 2.14. The Kier molecular flexibility index (Phi) is 4.07.